The maximum absolute atomic E-state index is 9.72. The van der Waals surface area contributed by atoms with Gasteiger partial charge in [0.25, 0.3) is 0 Å². The van der Waals surface area contributed by atoms with E-state index in [-0.39, 0.29) is 12.7 Å². The van der Waals surface area contributed by atoms with Gasteiger partial charge in [-0.1, -0.05) is 0 Å². The molecule has 1 aliphatic rings. The van der Waals surface area contributed by atoms with Crippen LogP contribution in [-0.2, 0) is 4.74 Å². The van der Waals surface area contributed by atoms with Crippen molar-refractivity contribution in [3.05, 3.63) is 35.6 Å². The molecule has 96 valence electrons. The van der Waals surface area contributed by atoms with Gasteiger partial charge in [-0.15, -0.1) is 11.3 Å². The van der Waals surface area contributed by atoms with Crippen LogP contribution in [0.25, 0.3) is 10.4 Å². The molecule has 3 rings (SSSR count). The van der Waals surface area contributed by atoms with E-state index < -0.39 is 12.2 Å². The van der Waals surface area contributed by atoms with Gasteiger partial charge in [-0.25, -0.2) is 0 Å². The molecule has 2 N–H and O–H groups in total. The third kappa shape index (κ3) is 2.10. The Kier molecular flexibility index (Phi) is 3.22. The summed E-state index contributed by atoms with van der Waals surface area (Å²) in [6.45, 7) is -0.141. The monoisotopic (exact) mass is 266 g/mol. The molecular weight excluding hydrogens is 252 g/mol. The fourth-order valence-corrected chi connectivity index (χ4v) is 3.21. The summed E-state index contributed by atoms with van der Waals surface area (Å²) < 4.78 is 10.7. The van der Waals surface area contributed by atoms with E-state index in [4.69, 9.17) is 14.3 Å². The third-order valence-corrected chi connectivity index (χ3v) is 4.38. The highest BCUT2D eigenvalue weighted by molar-refractivity contribution is 7.15. The second-order valence-electron chi connectivity index (χ2n) is 4.36. The number of hydrogen-bond acceptors (Lipinski definition) is 5. The van der Waals surface area contributed by atoms with Gasteiger partial charge in [0.05, 0.1) is 31.3 Å². The molecular formula is C13H14O4S. The molecule has 1 fully saturated rings. The molecule has 0 aliphatic carbocycles. The molecule has 2 aromatic rings. The van der Waals surface area contributed by atoms with Crippen LogP contribution < -0.4 is 0 Å². The highest BCUT2D eigenvalue weighted by atomic mass is 32.1. The Balaban J connectivity index is 1.78. The number of thiophene rings is 1. The fourth-order valence-electron chi connectivity index (χ4n) is 2.16. The van der Waals surface area contributed by atoms with Crippen molar-refractivity contribution in [3.8, 4) is 10.4 Å². The van der Waals surface area contributed by atoms with E-state index in [2.05, 4.69) is 0 Å². The second kappa shape index (κ2) is 4.85. The van der Waals surface area contributed by atoms with Crippen LogP contribution in [0.15, 0.2) is 35.1 Å². The minimum Gasteiger partial charge on any atom is -0.472 e. The second-order valence-corrected chi connectivity index (χ2v) is 5.48. The van der Waals surface area contributed by atoms with Crippen LogP contribution >= 0.6 is 11.3 Å². The standard InChI is InChI=1S/C13H14O4S/c14-6-11-9(15)5-10(17-11)13-2-1-12(18-13)8-3-4-16-7-8/h1-4,7,9-11,14-15H,5-6H2/t9-,10+,11+/m0/s1. The lowest BCUT2D eigenvalue weighted by Crippen LogP contribution is -2.24. The first-order valence-corrected chi connectivity index (χ1v) is 6.66. The fraction of sp³-hybridized carbons (Fsp3) is 0.385. The smallest absolute Gasteiger partial charge is 0.107 e. The molecule has 0 saturated carbocycles. The van der Waals surface area contributed by atoms with Crippen molar-refractivity contribution < 1.29 is 19.4 Å². The lowest BCUT2D eigenvalue weighted by Gasteiger charge is -2.10. The summed E-state index contributed by atoms with van der Waals surface area (Å²) in [6.07, 6.45) is 2.72. The van der Waals surface area contributed by atoms with Crippen molar-refractivity contribution in [2.75, 3.05) is 6.61 Å². The van der Waals surface area contributed by atoms with Gasteiger partial charge in [0.1, 0.15) is 6.10 Å². The summed E-state index contributed by atoms with van der Waals surface area (Å²) in [5.74, 6) is 0. The zero-order chi connectivity index (χ0) is 12.5. The molecule has 0 radical (unpaired) electrons. The predicted octanol–water partition coefficient (Wildman–Crippen LogP) is 2.19. The summed E-state index contributed by atoms with van der Waals surface area (Å²) in [5.41, 5.74) is 1.04. The number of hydrogen-bond donors (Lipinski definition) is 2. The Morgan fingerprint density at radius 2 is 2.22 bits per heavy atom. The summed E-state index contributed by atoms with van der Waals surface area (Å²) >= 11 is 1.62. The van der Waals surface area contributed by atoms with Crippen LogP contribution in [-0.4, -0.2) is 29.0 Å². The molecule has 0 amide bonds. The summed E-state index contributed by atoms with van der Waals surface area (Å²) in [6, 6.07) is 5.94. The van der Waals surface area contributed by atoms with Gasteiger partial charge < -0.3 is 19.4 Å². The van der Waals surface area contributed by atoms with E-state index in [1.54, 1.807) is 23.9 Å². The zero-order valence-electron chi connectivity index (χ0n) is 9.65. The molecule has 2 aromatic heterocycles. The first-order chi connectivity index (χ1) is 8.78. The topological polar surface area (TPSA) is 62.8 Å². The van der Waals surface area contributed by atoms with E-state index >= 15 is 0 Å². The Morgan fingerprint density at radius 3 is 2.89 bits per heavy atom. The van der Waals surface area contributed by atoms with Crippen molar-refractivity contribution in [2.24, 2.45) is 0 Å². The normalized spacial score (nSPS) is 27.8. The molecule has 3 heterocycles. The number of rotatable bonds is 3. The Bertz CT molecular complexity index is 505. The maximum atomic E-state index is 9.72. The van der Waals surface area contributed by atoms with Crippen molar-refractivity contribution in [1.29, 1.82) is 0 Å². The molecule has 4 nitrogen and oxygen atoms in total. The van der Waals surface area contributed by atoms with E-state index in [1.165, 1.54) is 0 Å². The lowest BCUT2D eigenvalue weighted by molar-refractivity contribution is -0.0216. The van der Waals surface area contributed by atoms with Crippen LogP contribution in [0.3, 0.4) is 0 Å². The van der Waals surface area contributed by atoms with Crippen LogP contribution in [0.5, 0.6) is 0 Å². The highest BCUT2D eigenvalue weighted by Gasteiger charge is 2.34. The number of aliphatic hydroxyl groups is 2. The van der Waals surface area contributed by atoms with Gasteiger partial charge >= 0.3 is 0 Å². The third-order valence-electron chi connectivity index (χ3n) is 3.15. The minimum absolute atomic E-state index is 0.122. The van der Waals surface area contributed by atoms with Gasteiger partial charge in [0.15, 0.2) is 0 Å². The Morgan fingerprint density at radius 1 is 1.33 bits per heavy atom. The summed E-state index contributed by atoms with van der Waals surface area (Å²) in [5, 5.41) is 18.8. The van der Waals surface area contributed by atoms with Gasteiger partial charge in [-0.3, -0.25) is 0 Å². The Hall–Kier alpha value is -1.14. The molecule has 5 heteroatoms. The van der Waals surface area contributed by atoms with Gasteiger partial charge in [-0.2, -0.15) is 0 Å². The van der Waals surface area contributed by atoms with E-state index in [9.17, 15) is 5.11 Å². The highest BCUT2D eigenvalue weighted by Crippen LogP contribution is 2.39. The van der Waals surface area contributed by atoms with Crippen molar-refractivity contribution in [2.45, 2.75) is 24.7 Å². The quantitative estimate of drug-likeness (QED) is 0.894. The van der Waals surface area contributed by atoms with Crippen LogP contribution in [0.4, 0.5) is 0 Å². The maximum Gasteiger partial charge on any atom is 0.107 e. The molecule has 1 aliphatic heterocycles. The molecule has 1 saturated heterocycles. The molecule has 0 spiro atoms. The van der Waals surface area contributed by atoms with Crippen molar-refractivity contribution >= 4 is 11.3 Å². The van der Waals surface area contributed by atoms with Gasteiger partial charge in [-0.05, 0) is 18.2 Å². The SMILES string of the molecule is OC[C@H]1O[C@@H](c2ccc(-c3ccoc3)s2)C[C@@H]1O. The lowest BCUT2D eigenvalue weighted by atomic mass is 10.1. The molecule has 0 bridgehead atoms. The van der Waals surface area contributed by atoms with E-state index in [0.29, 0.717) is 6.42 Å². The van der Waals surface area contributed by atoms with Crippen molar-refractivity contribution in [1.82, 2.24) is 0 Å². The van der Waals surface area contributed by atoms with Crippen LogP contribution in [0.1, 0.15) is 17.4 Å². The summed E-state index contributed by atoms with van der Waals surface area (Å²) in [7, 11) is 0. The number of furan rings is 1. The van der Waals surface area contributed by atoms with E-state index in [0.717, 1.165) is 15.3 Å². The van der Waals surface area contributed by atoms with E-state index in [1.807, 2.05) is 18.2 Å². The van der Waals surface area contributed by atoms with Gasteiger partial charge in [0.2, 0.25) is 0 Å². The molecule has 18 heavy (non-hydrogen) atoms. The average Bonchev–Trinajstić information content (AvgIpc) is 3.08. The largest absolute Gasteiger partial charge is 0.472 e. The zero-order valence-corrected chi connectivity index (χ0v) is 10.5. The Labute approximate surface area is 108 Å². The summed E-state index contributed by atoms with van der Waals surface area (Å²) in [4.78, 5) is 2.19. The van der Waals surface area contributed by atoms with Gasteiger partial charge in [0, 0.05) is 21.7 Å². The molecule has 0 aromatic carbocycles. The average molecular weight is 266 g/mol. The van der Waals surface area contributed by atoms with Crippen molar-refractivity contribution in [3.63, 3.8) is 0 Å². The number of ether oxygens (including phenoxy) is 1. The molecule has 0 unspecified atom stereocenters. The first kappa shape index (κ1) is 11.9. The van der Waals surface area contributed by atoms with Crippen LogP contribution in [0.2, 0.25) is 0 Å². The first-order valence-electron chi connectivity index (χ1n) is 5.84. The predicted molar refractivity (Wildman–Crippen MR) is 67.3 cm³/mol. The number of aliphatic hydroxyl groups excluding tert-OH is 2. The minimum atomic E-state index is -0.584. The van der Waals surface area contributed by atoms with Crippen LogP contribution in [0, 0.1) is 0 Å². The molecule has 3 atom stereocenters.